The summed E-state index contributed by atoms with van der Waals surface area (Å²) in [5.74, 6) is 0.723. The van der Waals surface area contributed by atoms with Gasteiger partial charge < -0.3 is 15.2 Å². The predicted molar refractivity (Wildman–Crippen MR) is 98.6 cm³/mol. The molecule has 3 heterocycles. The zero-order valence-corrected chi connectivity index (χ0v) is 14.7. The van der Waals surface area contributed by atoms with Gasteiger partial charge in [0.1, 0.15) is 12.6 Å². The Balaban J connectivity index is 1.63. The maximum absolute atomic E-state index is 9.29. The molecule has 7 nitrogen and oxygen atoms in total. The van der Waals surface area contributed by atoms with Crippen molar-refractivity contribution in [1.82, 2.24) is 19.5 Å². The molecular weight excluding hydrogens is 330 g/mol. The number of fused-ring (bicyclic) bond motifs is 1. The summed E-state index contributed by atoms with van der Waals surface area (Å²) in [6.45, 7) is 2.18. The summed E-state index contributed by atoms with van der Waals surface area (Å²) in [5.41, 5.74) is 2.69. The van der Waals surface area contributed by atoms with Gasteiger partial charge in [0.15, 0.2) is 17.0 Å². The Morgan fingerprint density at radius 2 is 2.08 bits per heavy atom. The van der Waals surface area contributed by atoms with E-state index in [1.165, 1.54) is 5.56 Å². The lowest BCUT2D eigenvalue weighted by Crippen LogP contribution is -2.14. The van der Waals surface area contributed by atoms with Gasteiger partial charge in [-0.15, -0.1) is 0 Å². The monoisotopic (exact) mass is 353 g/mol. The van der Waals surface area contributed by atoms with Gasteiger partial charge in [-0.3, -0.25) is 4.57 Å². The van der Waals surface area contributed by atoms with Crippen molar-refractivity contribution in [2.24, 2.45) is 0 Å². The van der Waals surface area contributed by atoms with Gasteiger partial charge in [-0.25, -0.2) is 15.0 Å². The van der Waals surface area contributed by atoms with E-state index < -0.39 is 0 Å². The summed E-state index contributed by atoms with van der Waals surface area (Å²) < 4.78 is 7.80. The van der Waals surface area contributed by atoms with Gasteiger partial charge in [-0.2, -0.15) is 0 Å². The zero-order chi connectivity index (χ0) is 17.9. The van der Waals surface area contributed by atoms with Crippen molar-refractivity contribution in [1.29, 1.82) is 0 Å². The first-order valence-electron chi connectivity index (χ1n) is 9.05. The zero-order valence-electron chi connectivity index (χ0n) is 14.7. The first-order valence-corrected chi connectivity index (χ1v) is 9.05. The quantitative estimate of drug-likeness (QED) is 0.708. The van der Waals surface area contributed by atoms with Crippen molar-refractivity contribution in [2.45, 2.75) is 44.6 Å². The van der Waals surface area contributed by atoms with Crippen LogP contribution in [0.5, 0.6) is 0 Å². The van der Waals surface area contributed by atoms with E-state index in [1.54, 1.807) is 12.7 Å². The number of hydrogen-bond acceptors (Lipinski definition) is 6. The molecule has 0 aliphatic carbocycles. The highest BCUT2D eigenvalue weighted by atomic mass is 16.5. The molecule has 0 bridgehead atoms. The van der Waals surface area contributed by atoms with E-state index in [9.17, 15) is 5.11 Å². The number of benzene rings is 1. The van der Waals surface area contributed by atoms with Crippen LogP contribution in [-0.2, 0) is 4.74 Å². The third-order valence-electron chi connectivity index (χ3n) is 4.88. The molecule has 1 aliphatic rings. The van der Waals surface area contributed by atoms with Gasteiger partial charge >= 0.3 is 0 Å². The molecule has 0 saturated carbocycles. The molecule has 3 aromatic rings. The van der Waals surface area contributed by atoms with Crippen molar-refractivity contribution in [3.05, 3.63) is 48.5 Å². The first kappa shape index (κ1) is 16.9. The second-order valence-corrected chi connectivity index (χ2v) is 6.53. The minimum atomic E-state index is -0.143. The molecular formula is C19H23N5O2. The third-order valence-corrected chi connectivity index (χ3v) is 4.88. The lowest BCUT2D eigenvalue weighted by atomic mass is 10.0. The summed E-state index contributed by atoms with van der Waals surface area (Å²) in [7, 11) is 0. The van der Waals surface area contributed by atoms with Crippen molar-refractivity contribution in [3.63, 3.8) is 0 Å². The summed E-state index contributed by atoms with van der Waals surface area (Å²) >= 11 is 0. The number of ether oxygens (including phenoxy) is 1. The van der Waals surface area contributed by atoms with Crippen LogP contribution in [0.4, 0.5) is 5.82 Å². The molecule has 2 N–H and O–H groups in total. The van der Waals surface area contributed by atoms with E-state index in [2.05, 4.69) is 39.3 Å². The summed E-state index contributed by atoms with van der Waals surface area (Å²) in [6.07, 6.45) is 5.65. The van der Waals surface area contributed by atoms with E-state index in [-0.39, 0.29) is 25.0 Å². The normalized spacial score (nSPS) is 21.2. The van der Waals surface area contributed by atoms with Gasteiger partial charge in [0.2, 0.25) is 0 Å². The third kappa shape index (κ3) is 3.15. The standard InChI is InChI=1S/C19H23N5O2/c1-2-15(13-6-4-3-5-7-13)23-18-17-19(21-11-20-18)24(12-22-17)16-9-8-14(10-25)26-16/h3-7,11-12,14-16,25H,2,8-10H2,1H3,(H,20,21,23). The second-order valence-electron chi connectivity index (χ2n) is 6.53. The van der Waals surface area contributed by atoms with Crippen LogP contribution in [-0.4, -0.2) is 37.3 Å². The molecule has 2 aromatic heterocycles. The van der Waals surface area contributed by atoms with Crippen LogP contribution in [0.2, 0.25) is 0 Å². The number of hydrogen-bond donors (Lipinski definition) is 2. The first-order chi connectivity index (χ1) is 12.8. The Morgan fingerprint density at radius 1 is 1.23 bits per heavy atom. The SMILES string of the molecule is CCC(Nc1ncnc2c1ncn2C1CCC(CO)O1)c1ccccc1. The number of anilines is 1. The molecule has 0 amide bonds. The van der Waals surface area contributed by atoms with Crippen molar-refractivity contribution in [2.75, 3.05) is 11.9 Å². The van der Waals surface area contributed by atoms with Crippen LogP contribution >= 0.6 is 0 Å². The highest BCUT2D eigenvalue weighted by Crippen LogP contribution is 2.32. The minimum Gasteiger partial charge on any atom is -0.394 e. The van der Waals surface area contributed by atoms with Gasteiger partial charge in [0.05, 0.1) is 25.1 Å². The van der Waals surface area contributed by atoms with Gasteiger partial charge in [-0.1, -0.05) is 37.3 Å². The van der Waals surface area contributed by atoms with E-state index in [0.29, 0.717) is 0 Å². The Bertz CT molecular complexity index is 867. The molecule has 136 valence electrons. The molecule has 1 aromatic carbocycles. The van der Waals surface area contributed by atoms with E-state index >= 15 is 0 Å². The fourth-order valence-corrected chi connectivity index (χ4v) is 3.47. The van der Waals surface area contributed by atoms with Gasteiger partial charge in [-0.05, 0) is 24.8 Å². The molecule has 0 radical (unpaired) electrons. The molecule has 4 rings (SSSR count). The highest BCUT2D eigenvalue weighted by molar-refractivity contribution is 5.82. The molecule has 7 heteroatoms. The predicted octanol–water partition coefficient (Wildman–Crippen LogP) is 3.06. The number of imidazole rings is 1. The van der Waals surface area contributed by atoms with E-state index in [0.717, 1.165) is 36.2 Å². The van der Waals surface area contributed by atoms with Crippen LogP contribution in [0.25, 0.3) is 11.2 Å². The van der Waals surface area contributed by atoms with Crippen molar-refractivity contribution >= 4 is 17.0 Å². The van der Waals surface area contributed by atoms with Crippen molar-refractivity contribution < 1.29 is 9.84 Å². The van der Waals surface area contributed by atoms with Crippen LogP contribution in [0, 0.1) is 0 Å². The lowest BCUT2D eigenvalue weighted by molar-refractivity contribution is -0.0207. The van der Waals surface area contributed by atoms with Crippen LogP contribution in [0.3, 0.4) is 0 Å². The van der Waals surface area contributed by atoms with E-state index in [1.807, 2.05) is 22.8 Å². The maximum Gasteiger partial charge on any atom is 0.167 e. The second kappa shape index (κ2) is 7.39. The van der Waals surface area contributed by atoms with Crippen LogP contribution in [0.1, 0.15) is 44.0 Å². The fourth-order valence-electron chi connectivity index (χ4n) is 3.47. The molecule has 26 heavy (non-hydrogen) atoms. The Hall–Kier alpha value is -2.51. The average Bonchev–Trinajstić information content (AvgIpc) is 3.33. The summed E-state index contributed by atoms with van der Waals surface area (Å²) in [5, 5.41) is 12.8. The molecule has 3 unspecified atom stereocenters. The van der Waals surface area contributed by atoms with Gasteiger partial charge in [0.25, 0.3) is 0 Å². The minimum absolute atomic E-state index is 0.0418. The Labute approximate surface area is 152 Å². The fraction of sp³-hybridized carbons (Fsp3) is 0.421. The number of aromatic nitrogens is 4. The smallest absolute Gasteiger partial charge is 0.167 e. The Kier molecular flexibility index (Phi) is 4.81. The lowest BCUT2D eigenvalue weighted by Gasteiger charge is -2.18. The molecule has 0 spiro atoms. The number of aliphatic hydroxyl groups is 1. The Morgan fingerprint density at radius 3 is 2.81 bits per heavy atom. The molecule has 1 saturated heterocycles. The largest absolute Gasteiger partial charge is 0.394 e. The molecule has 1 fully saturated rings. The number of aliphatic hydroxyl groups excluding tert-OH is 1. The number of rotatable bonds is 6. The van der Waals surface area contributed by atoms with Crippen LogP contribution < -0.4 is 5.32 Å². The maximum atomic E-state index is 9.29. The van der Waals surface area contributed by atoms with Crippen molar-refractivity contribution in [3.8, 4) is 0 Å². The van der Waals surface area contributed by atoms with Gasteiger partial charge in [0, 0.05) is 0 Å². The summed E-state index contributed by atoms with van der Waals surface area (Å²) in [4.78, 5) is 13.4. The van der Waals surface area contributed by atoms with Crippen LogP contribution in [0.15, 0.2) is 43.0 Å². The molecule has 1 aliphatic heterocycles. The molecule has 3 atom stereocenters. The number of nitrogens with one attached hydrogen (secondary N) is 1. The van der Waals surface area contributed by atoms with E-state index in [4.69, 9.17) is 4.74 Å². The topological polar surface area (TPSA) is 85.1 Å². The summed E-state index contributed by atoms with van der Waals surface area (Å²) in [6, 6.07) is 10.5. The average molecular weight is 353 g/mol. The highest BCUT2D eigenvalue weighted by Gasteiger charge is 2.28. The number of nitrogens with zero attached hydrogens (tertiary/aromatic N) is 4.